The van der Waals surface area contributed by atoms with E-state index in [-0.39, 0.29) is 6.03 Å². The lowest BCUT2D eigenvalue weighted by Crippen LogP contribution is -2.25. The molecule has 1 aromatic carbocycles. The van der Waals surface area contributed by atoms with Gasteiger partial charge < -0.3 is 25.2 Å². The van der Waals surface area contributed by atoms with E-state index in [1.807, 2.05) is 44.1 Å². The zero-order valence-electron chi connectivity index (χ0n) is 16.2. The van der Waals surface area contributed by atoms with E-state index in [4.69, 9.17) is 4.74 Å². The molecule has 2 N–H and O–H groups in total. The van der Waals surface area contributed by atoms with Crippen LogP contribution in [0.25, 0.3) is 0 Å². The van der Waals surface area contributed by atoms with Crippen LogP contribution in [0, 0.1) is 6.92 Å². The highest BCUT2D eigenvalue weighted by atomic mass is 16.5. The number of ether oxygens (including phenoxy) is 1. The standard InChI is InChI=1S/C19H26N6O2/c1-13-11-14(27-4)7-8-15(13)21-19(26)22-16-12-20-18(23-17(16)24(2)3)25-9-5-6-10-25/h7-8,11-12H,5-6,9-10H2,1-4H3,(H2,21,22,26). The molecule has 8 heteroatoms. The lowest BCUT2D eigenvalue weighted by Gasteiger charge is -2.21. The topological polar surface area (TPSA) is 82.6 Å². The second-order valence-electron chi connectivity index (χ2n) is 6.76. The molecule has 0 spiro atoms. The third kappa shape index (κ3) is 4.39. The van der Waals surface area contributed by atoms with Crippen molar-refractivity contribution in [1.82, 2.24) is 9.97 Å². The van der Waals surface area contributed by atoms with Gasteiger partial charge in [-0.3, -0.25) is 0 Å². The number of carbonyl (C=O) groups is 1. The summed E-state index contributed by atoms with van der Waals surface area (Å²) in [6.07, 6.45) is 3.98. The van der Waals surface area contributed by atoms with Crippen molar-refractivity contribution in [3.8, 4) is 5.75 Å². The van der Waals surface area contributed by atoms with Crippen molar-refractivity contribution in [3.63, 3.8) is 0 Å². The molecule has 27 heavy (non-hydrogen) atoms. The summed E-state index contributed by atoms with van der Waals surface area (Å²) in [5.41, 5.74) is 2.19. The minimum atomic E-state index is -0.344. The zero-order valence-corrected chi connectivity index (χ0v) is 16.2. The summed E-state index contributed by atoms with van der Waals surface area (Å²) in [6, 6.07) is 5.15. The van der Waals surface area contributed by atoms with Gasteiger partial charge in [0.2, 0.25) is 5.95 Å². The first-order valence-electron chi connectivity index (χ1n) is 9.00. The van der Waals surface area contributed by atoms with Crippen LogP contribution in [0.15, 0.2) is 24.4 Å². The molecule has 3 rings (SSSR count). The molecular weight excluding hydrogens is 344 g/mol. The fraction of sp³-hybridized carbons (Fsp3) is 0.421. The second-order valence-corrected chi connectivity index (χ2v) is 6.76. The van der Waals surface area contributed by atoms with E-state index in [0.29, 0.717) is 23.1 Å². The van der Waals surface area contributed by atoms with E-state index in [0.717, 1.165) is 37.2 Å². The van der Waals surface area contributed by atoms with Gasteiger partial charge in [0.25, 0.3) is 0 Å². The number of nitrogens with one attached hydrogen (secondary N) is 2. The molecule has 1 aliphatic heterocycles. The SMILES string of the molecule is COc1ccc(NC(=O)Nc2cnc(N3CCCC3)nc2N(C)C)c(C)c1. The van der Waals surface area contributed by atoms with Crippen LogP contribution in [-0.4, -0.2) is 50.3 Å². The Balaban J connectivity index is 1.74. The van der Waals surface area contributed by atoms with Crippen molar-refractivity contribution in [1.29, 1.82) is 0 Å². The number of hydrogen-bond donors (Lipinski definition) is 2. The average Bonchev–Trinajstić information content (AvgIpc) is 3.18. The predicted molar refractivity (Wildman–Crippen MR) is 108 cm³/mol. The Morgan fingerprint density at radius 3 is 2.52 bits per heavy atom. The minimum Gasteiger partial charge on any atom is -0.497 e. The van der Waals surface area contributed by atoms with Gasteiger partial charge >= 0.3 is 6.03 Å². The molecule has 0 atom stereocenters. The monoisotopic (exact) mass is 370 g/mol. The van der Waals surface area contributed by atoms with Crippen LogP contribution in [0.3, 0.4) is 0 Å². The molecule has 0 saturated carbocycles. The number of aromatic nitrogens is 2. The number of methoxy groups -OCH3 is 1. The maximum Gasteiger partial charge on any atom is 0.323 e. The van der Waals surface area contributed by atoms with Gasteiger partial charge in [-0.05, 0) is 43.5 Å². The van der Waals surface area contributed by atoms with Gasteiger partial charge in [-0.2, -0.15) is 4.98 Å². The van der Waals surface area contributed by atoms with Gasteiger partial charge in [-0.15, -0.1) is 0 Å². The molecule has 1 aromatic heterocycles. The first-order chi connectivity index (χ1) is 13.0. The smallest absolute Gasteiger partial charge is 0.323 e. The van der Waals surface area contributed by atoms with Crippen LogP contribution in [0.5, 0.6) is 5.75 Å². The average molecular weight is 370 g/mol. The van der Waals surface area contributed by atoms with E-state index in [2.05, 4.69) is 25.5 Å². The van der Waals surface area contributed by atoms with E-state index >= 15 is 0 Å². The molecule has 2 aromatic rings. The molecular formula is C19H26N6O2. The largest absolute Gasteiger partial charge is 0.497 e. The van der Waals surface area contributed by atoms with Gasteiger partial charge in [0.1, 0.15) is 11.4 Å². The summed E-state index contributed by atoms with van der Waals surface area (Å²) in [7, 11) is 5.41. The third-order valence-electron chi connectivity index (χ3n) is 4.50. The lowest BCUT2D eigenvalue weighted by molar-refractivity contribution is 0.262. The number of aryl methyl sites for hydroxylation is 1. The fourth-order valence-electron chi connectivity index (χ4n) is 3.04. The van der Waals surface area contributed by atoms with Crippen LogP contribution in [-0.2, 0) is 0 Å². The van der Waals surface area contributed by atoms with E-state index in [1.54, 1.807) is 13.3 Å². The number of amides is 2. The molecule has 8 nitrogen and oxygen atoms in total. The molecule has 2 amide bonds. The third-order valence-corrected chi connectivity index (χ3v) is 4.50. The van der Waals surface area contributed by atoms with Crippen LogP contribution >= 0.6 is 0 Å². The number of rotatable bonds is 5. The van der Waals surface area contributed by atoms with Crippen molar-refractivity contribution >= 4 is 29.2 Å². The van der Waals surface area contributed by atoms with Crippen LogP contribution in [0.2, 0.25) is 0 Å². The predicted octanol–water partition coefficient (Wildman–Crippen LogP) is 3.10. The molecule has 0 aliphatic carbocycles. The summed E-state index contributed by atoms with van der Waals surface area (Å²) in [6.45, 7) is 3.85. The number of benzene rings is 1. The first-order valence-corrected chi connectivity index (χ1v) is 9.00. The maximum absolute atomic E-state index is 12.5. The quantitative estimate of drug-likeness (QED) is 0.842. The Morgan fingerprint density at radius 2 is 1.89 bits per heavy atom. The highest BCUT2D eigenvalue weighted by Crippen LogP contribution is 2.26. The van der Waals surface area contributed by atoms with Crippen molar-refractivity contribution in [2.75, 3.05) is 54.7 Å². The van der Waals surface area contributed by atoms with Crippen molar-refractivity contribution in [3.05, 3.63) is 30.0 Å². The van der Waals surface area contributed by atoms with Gasteiger partial charge in [-0.25, -0.2) is 9.78 Å². The second kappa shape index (κ2) is 8.11. The highest BCUT2D eigenvalue weighted by Gasteiger charge is 2.18. The molecule has 0 radical (unpaired) electrons. The van der Waals surface area contributed by atoms with E-state index < -0.39 is 0 Å². The van der Waals surface area contributed by atoms with E-state index in [1.165, 1.54) is 0 Å². The van der Waals surface area contributed by atoms with Crippen molar-refractivity contribution in [2.24, 2.45) is 0 Å². The Kier molecular flexibility index (Phi) is 5.63. The molecule has 1 fully saturated rings. The highest BCUT2D eigenvalue weighted by molar-refractivity contribution is 6.01. The van der Waals surface area contributed by atoms with Gasteiger partial charge in [0.05, 0.1) is 13.3 Å². The van der Waals surface area contributed by atoms with Crippen LogP contribution < -0.4 is 25.2 Å². The Bertz CT molecular complexity index is 818. The molecule has 144 valence electrons. The van der Waals surface area contributed by atoms with E-state index in [9.17, 15) is 4.79 Å². The number of carbonyl (C=O) groups excluding carboxylic acids is 1. The van der Waals surface area contributed by atoms with Gasteiger partial charge in [0.15, 0.2) is 5.82 Å². The molecule has 1 aliphatic rings. The molecule has 1 saturated heterocycles. The summed E-state index contributed by atoms with van der Waals surface area (Å²) < 4.78 is 5.19. The number of urea groups is 1. The van der Waals surface area contributed by atoms with Crippen LogP contribution in [0.4, 0.5) is 27.9 Å². The number of nitrogens with zero attached hydrogens (tertiary/aromatic N) is 4. The molecule has 2 heterocycles. The molecule has 0 bridgehead atoms. The maximum atomic E-state index is 12.5. The number of hydrogen-bond acceptors (Lipinski definition) is 6. The van der Waals surface area contributed by atoms with Gasteiger partial charge in [0, 0.05) is 32.9 Å². The summed E-state index contributed by atoms with van der Waals surface area (Å²) in [5, 5.41) is 5.70. The zero-order chi connectivity index (χ0) is 19.4. The van der Waals surface area contributed by atoms with Crippen molar-refractivity contribution < 1.29 is 9.53 Å². The number of anilines is 4. The van der Waals surface area contributed by atoms with Crippen molar-refractivity contribution in [2.45, 2.75) is 19.8 Å². The van der Waals surface area contributed by atoms with Gasteiger partial charge in [-0.1, -0.05) is 0 Å². The normalized spacial score (nSPS) is 13.4. The van der Waals surface area contributed by atoms with Crippen LogP contribution in [0.1, 0.15) is 18.4 Å². The molecule has 0 unspecified atom stereocenters. The Labute approximate surface area is 159 Å². The fourth-order valence-corrected chi connectivity index (χ4v) is 3.04. The Morgan fingerprint density at radius 1 is 1.19 bits per heavy atom. The Hall–Kier alpha value is -3.03. The summed E-state index contributed by atoms with van der Waals surface area (Å²) >= 11 is 0. The summed E-state index contributed by atoms with van der Waals surface area (Å²) in [5.74, 6) is 2.13. The summed E-state index contributed by atoms with van der Waals surface area (Å²) in [4.78, 5) is 25.6. The first kappa shape index (κ1) is 18.8. The lowest BCUT2D eigenvalue weighted by atomic mass is 10.2. The minimum absolute atomic E-state index is 0.344.